The van der Waals surface area contributed by atoms with E-state index in [-0.39, 0.29) is 0 Å². The number of aryl methyl sites for hydroxylation is 1. The molecule has 0 N–H and O–H groups in total. The van der Waals surface area contributed by atoms with Gasteiger partial charge in [-0.1, -0.05) is 78.9 Å². The summed E-state index contributed by atoms with van der Waals surface area (Å²) in [4.78, 5) is 0. The molecule has 0 fully saturated rings. The SMILES string of the molecule is Cc1cccc2oc3ccc(-c4cc5c6ccccc6ccc5c5ccccc45)cc3c12. The number of furan rings is 1. The summed E-state index contributed by atoms with van der Waals surface area (Å²) < 4.78 is 6.14. The fourth-order valence-corrected chi connectivity index (χ4v) is 5.27. The molecule has 0 bridgehead atoms. The Bertz CT molecular complexity index is 1840. The van der Waals surface area contributed by atoms with Crippen molar-refractivity contribution in [3.05, 3.63) is 109 Å². The van der Waals surface area contributed by atoms with E-state index in [2.05, 4.69) is 110 Å². The van der Waals surface area contributed by atoms with Gasteiger partial charge in [-0.15, -0.1) is 0 Å². The van der Waals surface area contributed by atoms with Gasteiger partial charge in [0.05, 0.1) is 0 Å². The van der Waals surface area contributed by atoms with Crippen LogP contribution in [0.5, 0.6) is 0 Å². The van der Waals surface area contributed by atoms with Crippen molar-refractivity contribution in [2.45, 2.75) is 6.92 Å². The highest BCUT2D eigenvalue weighted by Gasteiger charge is 2.14. The summed E-state index contributed by atoms with van der Waals surface area (Å²) in [6.07, 6.45) is 0. The van der Waals surface area contributed by atoms with Gasteiger partial charge < -0.3 is 4.42 Å². The van der Waals surface area contributed by atoms with E-state index in [1.807, 2.05) is 0 Å². The molecule has 1 nitrogen and oxygen atoms in total. The zero-order chi connectivity index (χ0) is 21.2. The van der Waals surface area contributed by atoms with Crippen LogP contribution in [-0.4, -0.2) is 0 Å². The summed E-state index contributed by atoms with van der Waals surface area (Å²) in [5.41, 5.74) is 5.61. The van der Waals surface area contributed by atoms with Crippen molar-refractivity contribution in [1.29, 1.82) is 0 Å². The van der Waals surface area contributed by atoms with Gasteiger partial charge in [0.2, 0.25) is 0 Å². The third-order valence-corrected chi connectivity index (χ3v) is 6.78. The zero-order valence-corrected chi connectivity index (χ0v) is 17.7. The summed E-state index contributed by atoms with van der Waals surface area (Å²) in [7, 11) is 0. The van der Waals surface area contributed by atoms with E-state index in [0.29, 0.717) is 0 Å². The van der Waals surface area contributed by atoms with Crippen molar-refractivity contribution in [3.63, 3.8) is 0 Å². The molecular weight excluding hydrogens is 388 g/mol. The van der Waals surface area contributed by atoms with E-state index < -0.39 is 0 Å². The van der Waals surface area contributed by atoms with Gasteiger partial charge in [-0.25, -0.2) is 0 Å². The molecule has 1 aromatic heterocycles. The van der Waals surface area contributed by atoms with Crippen molar-refractivity contribution >= 4 is 54.3 Å². The monoisotopic (exact) mass is 408 g/mol. The van der Waals surface area contributed by atoms with Crippen molar-refractivity contribution in [2.24, 2.45) is 0 Å². The second kappa shape index (κ2) is 6.45. The fourth-order valence-electron chi connectivity index (χ4n) is 5.27. The van der Waals surface area contributed by atoms with Gasteiger partial charge in [0.15, 0.2) is 0 Å². The van der Waals surface area contributed by atoms with E-state index in [1.54, 1.807) is 0 Å². The van der Waals surface area contributed by atoms with Crippen LogP contribution in [0.1, 0.15) is 5.56 Å². The Labute approximate surface area is 185 Å². The molecule has 0 amide bonds. The smallest absolute Gasteiger partial charge is 0.135 e. The number of hydrogen-bond donors (Lipinski definition) is 0. The lowest BCUT2D eigenvalue weighted by atomic mass is 9.90. The maximum Gasteiger partial charge on any atom is 0.135 e. The Morgan fingerprint density at radius 3 is 2.19 bits per heavy atom. The number of hydrogen-bond acceptors (Lipinski definition) is 1. The average molecular weight is 409 g/mol. The quantitative estimate of drug-likeness (QED) is 0.247. The fraction of sp³-hybridized carbons (Fsp3) is 0.0323. The van der Waals surface area contributed by atoms with Crippen LogP contribution in [-0.2, 0) is 0 Å². The topological polar surface area (TPSA) is 13.1 Å². The highest BCUT2D eigenvalue weighted by atomic mass is 16.3. The molecule has 7 rings (SSSR count). The molecule has 0 aliphatic heterocycles. The molecule has 0 saturated carbocycles. The molecule has 0 unspecified atom stereocenters. The van der Waals surface area contributed by atoms with Crippen LogP contribution in [0.2, 0.25) is 0 Å². The first-order valence-electron chi connectivity index (χ1n) is 11.0. The second-order valence-corrected chi connectivity index (χ2v) is 8.61. The van der Waals surface area contributed by atoms with Crippen molar-refractivity contribution < 1.29 is 4.42 Å². The second-order valence-electron chi connectivity index (χ2n) is 8.61. The number of rotatable bonds is 1. The van der Waals surface area contributed by atoms with E-state index in [9.17, 15) is 0 Å². The maximum absolute atomic E-state index is 6.14. The van der Waals surface area contributed by atoms with Gasteiger partial charge in [0, 0.05) is 10.8 Å². The van der Waals surface area contributed by atoms with Crippen LogP contribution in [0, 0.1) is 6.92 Å². The van der Waals surface area contributed by atoms with E-state index >= 15 is 0 Å². The first-order chi connectivity index (χ1) is 15.8. The third-order valence-electron chi connectivity index (χ3n) is 6.78. The van der Waals surface area contributed by atoms with Crippen LogP contribution in [0.4, 0.5) is 0 Å². The summed E-state index contributed by atoms with van der Waals surface area (Å²) >= 11 is 0. The Hall–Kier alpha value is -4.10. The molecule has 150 valence electrons. The van der Waals surface area contributed by atoms with Gasteiger partial charge in [0.25, 0.3) is 0 Å². The third kappa shape index (κ3) is 2.39. The lowest BCUT2D eigenvalue weighted by Crippen LogP contribution is -1.86. The molecule has 7 aromatic rings. The number of fused-ring (bicyclic) bond motifs is 8. The molecule has 1 heterocycles. The molecule has 32 heavy (non-hydrogen) atoms. The predicted molar refractivity (Wildman–Crippen MR) is 136 cm³/mol. The largest absolute Gasteiger partial charge is 0.456 e. The standard InChI is InChI=1S/C31H20O/c1-19-7-6-12-30-31(19)28-17-21(14-16-29(28)32-30)26-18-27-22-9-3-2-8-20(22)13-15-25(27)23-10-4-5-11-24(23)26/h2-18H,1H3. The molecule has 0 radical (unpaired) electrons. The Morgan fingerprint density at radius 2 is 1.28 bits per heavy atom. The minimum absolute atomic E-state index is 0.939. The summed E-state index contributed by atoms with van der Waals surface area (Å²) in [5.74, 6) is 0. The van der Waals surface area contributed by atoms with Crippen LogP contribution in [0.25, 0.3) is 65.4 Å². The highest BCUT2D eigenvalue weighted by Crippen LogP contribution is 2.40. The Balaban J connectivity index is 1.62. The molecule has 0 saturated heterocycles. The predicted octanol–water partition coefficient (Wildman–Crippen LogP) is 9.02. The minimum Gasteiger partial charge on any atom is -0.456 e. The first kappa shape index (κ1) is 17.6. The number of benzene rings is 6. The molecule has 0 atom stereocenters. The van der Waals surface area contributed by atoms with Gasteiger partial charge in [-0.05, 0) is 80.2 Å². The lowest BCUT2D eigenvalue weighted by Gasteiger charge is -2.13. The van der Waals surface area contributed by atoms with E-state index in [4.69, 9.17) is 4.42 Å². The molecule has 0 aliphatic carbocycles. The molecule has 6 aromatic carbocycles. The van der Waals surface area contributed by atoms with Crippen LogP contribution in [0.3, 0.4) is 0 Å². The van der Waals surface area contributed by atoms with Crippen LogP contribution >= 0.6 is 0 Å². The van der Waals surface area contributed by atoms with Gasteiger partial charge in [-0.2, -0.15) is 0 Å². The van der Waals surface area contributed by atoms with Gasteiger partial charge in [0.1, 0.15) is 11.2 Å². The average Bonchev–Trinajstić information content (AvgIpc) is 3.22. The normalized spacial score (nSPS) is 11.9. The van der Waals surface area contributed by atoms with Crippen molar-refractivity contribution in [3.8, 4) is 11.1 Å². The molecule has 1 heteroatoms. The van der Waals surface area contributed by atoms with Crippen molar-refractivity contribution in [1.82, 2.24) is 0 Å². The maximum atomic E-state index is 6.14. The summed E-state index contributed by atoms with van der Waals surface area (Å²) in [5, 5.41) is 10.1. The lowest BCUT2D eigenvalue weighted by molar-refractivity contribution is 0.669. The molecular formula is C31H20O. The summed E-state index contributed by atoms with van der Waals surface area (Å²) in [6, 6.07) is 37.1. The first-order valence-corrected chi connectivity index (χ1v) is 11.0. The van der Waals surface area contributed by atoms with E-state index in [1.165, 1.54) is 59.8 Å². The highest BCUT2D eigenvalue weighted by molar-refractivity contribution is 6.21. The van der Waals surface area contributed by atoms with Crippen LogP contribution < -0.4 is 0 Å². The van der Waals surface area contributed by atoms with Gasteiger partial charge >= 0.3 is 0 Å². The van der Waals surface area contributed by atoms with Gasteiger partial charge in [-0.3, -0.25) is 0 Å². The zero-order valence-electron chi connectivity index (χ0n) is 17.7. The molecule has 0 aliphatic rings. The summed E-state index contributed by atoms with van der Waals surface area (Å²) in [6.45, 7) is 2.15. The minimum atomic E-state index is 0.939. The molecule has 0 spiro atoms. The van der Waals surface area contributed by atoms with Crippen LogP contribution in [0.15, 0.2) is 108 Å². The van der Waals surface area contributed by atoms with E-state index in [0.717, 1.165) is 11.2 Å². The van der Waals surface area contributed by atoms with Crippen molar-refractivity contribution in [2.75, 3.05) is 0 Å². The Morgan fingerprint density at radius 1 is 0.500 bits per heavy atom. The Kier molecular flexibility index (Phi) is 3.54.